The van der Waals surface area contributed by atoms with E-state index in [-0.39, 0.29) is 29.6 Å². The number of ether oxygens (including phenoxy) is 1. The van der Waals surface area contributed by atoms with E-state index >= 15 is 0 Å². The smallest absolute Gasteiger partial charge is 0.416 e. The van der Waals surface area contributed by atoms with E-state index in [9.17, 15) is 22.8 Å². The highest BCUT2D eigenvalue weighted by Gasteiger charge is 2.31. The fourth-order valence-electron chi connectivity index (χ4n) is 4.05. The van der Waals surface area contributed by atoms with E-state index in [0.717, 1.165) is 17.7 Å². The van der Waals surface area contributed by atoms with Crippen molar-refractivity contribution in [3.63, 3.8) is 0 Å². The number of hydrogen-bond donors (Lipinski definition) is 3. The Kier molecular flexibility index (Phi) is 8.47. The number of nitrogens with zero attached hydrogens (tertiary/aromatic N) is 2. The van der Waals surface area contributed by atoms with E-state index < -0.39 is 11.7 Å². The van der Waals surface area contributed by atoms with Crippen LogP contribution in [0.1, 0.15) is 28.0 Å². The Morgan fingerprint density at radius 2 is 1.76 bits per heavy atom. The molecule has 0 radical (unpaired) electrons. The molecular weight excluding hydrogens is 499 g/mol. The molecule has 1 aliphatic rings. The van der Waals surface area contributed by atoms with Crippen LogP contribution in [0.2, 0.25) is 0 Å². The van der Waals surface area contributed by atoms with E-state index in [1.807, 2.05) is 4.90 Å². The van der Waals surface area contributed by atoms with Crippen LogP contribution in [-0.2, 0) is 17.4 Å². The summed E-state index contributed by atoms with van der Waals surface area (Å²) in [5, 5.41) is 8.40. The molecule has 1 aromatic heterocycles. The summed E-state index contributed by atoms with van der Waals surface area (Å²) in [6.07, 6.45) is -2.54. The number of amides is 2. The van der Waals surface area contributed by atoms with Gasteiger partial charge in [-0.15, -0.1) is 0 Å². The lowest BCUT2D eigenvalue weighted by atomic mass is 10.1. The third kappa shape index (κ3) is 7.00. The Balaban J connectivity index is 1.38. The van der Waals surface area contributed by atoms with Crippen LogP contribution >= 0.6 is 0 Å². The number of aromatic nitrogens is 1. The monoisotopic (exact) mass is 527 g/mol. The van der Waals surface area contributed by atoms with E-state index in [0.29, 0.717) is 49.8 Å². The van der Waals surface area contributed by atoms with Gasteiger partial charge in [-0.05, 0) is 48.4 Å². The zero-order valence-corrected chi connectivity index (χ0v) is 20.8. The van der Waals surface area contributed by atoms with Gasteiger partial charge in [0.05, 0.1) is 16.9 Å². The highest BCUT2D eigenvalue weighted by atomic mass is 19.4. The summed E-state index contributed by atoms with van der Waals surface area (Å²) in [5.74, 6) is 0.290. The number of rotatable bonds is 8. The van der Waals surface area contributed by atoms with Crippen molar-refractivity contribution in [1.82, 2.24) is 15.6 Å². The van der Waals surface area contributed by atoms with Gasteiger partial charge in [-0.2, -0.15) is 13.2 Å². The lowest BCUT2D eigenvalue weighted by Crippen LogP contribution is -2.43. The molecule has 3 N–H and O–H groups in total. The number of carbonyl (C=O) groups is 2. The second-order valence-electron chi connectivity index (χ2n) is 8.72. The minimum Gasteiger partial charge on any atom is -0.457 e. The molecule has 2 aromatic carbocycles. The summed E-state index contributed by atoms with van der Waals surface area (Å²) >= 11 is 0. The number of halogens is 3. The van der Waals surface area contributed by atoms with Gasteiger partial charge >= 0.3 is 6.18 Å². The van der Waals surface area contributed by atoms with Crippen LogP contribution in [0.4, 0.5) is 24.5 Å². The highest BCUT2D eigenvalue weighted by molar-refractivity contribution is 5.95. The van der Waals surface area contributed by atoms with Crippen LogP contribution in [0.25, 0.3) is 0 Å². The van der Waals surface area contributed by atoms with E-state index in [1.54, 1.807) is 30.3 Å². The average molecular weight is 528 g/mol. The molecule has 0 atom stereocenters. The SMILES string of the molecule is CNC(=O)c1cc(Oc2ccc(CCC(=O)Nc3cc(C(F)(F)F)ccc3N3CCNCC3)cc2)ccn1. The molecule has 2 heterocycles. The van der Waals surface area contributed by atoms with Crippen molar-refractivity contribution in [2.24, 2.45) is 0 Å². The number of pyridine rings is 1. The van der Waals surface area contributed by atoms with Gasteiger partial charge < -0.3 is 25.6 Å². The number of anilines is 2. The van der Waals surface area contributed by atoms with Gasteiger partial charge in [0, 0.05) is 51.9 Å². The number of hydrogen-bond acceptors (Lipinski definition) is 6. The molecule has 4 rings (SSSR count). The maximum Gasteiger partial charge on any atom is 0.416 e. The summed E-state index contributed by atoms with van der Waals surface area (Å²) < 4.78 is 45.8. The molecule has 3 aromatic rings. The first kappa shape index (κ1) is 26.9. The number of piperazine rings is 1. The van der Waals surface area contributed by atoms with Crippen molar-refractivity contribution in [1.29, 1.82) is 0 Å². The Labute approximate surface area is 218 Å². The third-order valence-corrected chi connectivity index (χ3v) is 6.05. The van der Waals surface area contributed by atoms with Crippen LogP contribution < -0.4 is 25.6 Å². The summed E-state index contributed by atoms with van der Waals surface area (Å²) in [5.41, 5.74) is 1.01. The number of aryl methyl sites for hydroxylation is 1. The molecule has 0 spiro atoms. The summed E-state index contributed by atoms with van der Waals surface area (Å²) in [7, 11) is 1.52. The molecule has 0 saturated carbocycles. The molecule has 0 bridgehead atoms. The summed E-state index contributed by atoms with van der Waals surface area (Å²) in [6, 6.07) is 13.7. The Morgan fingerprint density at radius 3 is 2.45 bits per heavy atom. The van der Waals surface area contributed by atoms with Crippen LogP contribution in [0.3, 0.4) is 0 Å². The molecule has 0 unspecified atom stereocenters. The maximum absolute atomic E-state index is 13.3. The van der Waals surface area contributed by atoms with Crippen molar-refractivity contribution < 1.29 is 27.5 Å². The van der Waals surface area contributed by atoms with Crippen LogP contribution in [0.5, 0.6) is 11.5 Å². The molecule has 8 nitrogen and oxygen atoms in total. The standard InChI is InChI=1S/C27H28F3N5O3/c1-31-26(37)23-17-21(10-11-33-23)38-20-6-2-18(3-7-20)4-9-25(36)34-22-16-19(27(28,29)30)5-8-24(22)35-14-12-32-13-15-35/h2-3,5-8,10-11,16-17,32H,4,9,12-15H2,1H3,(H,31,37)(H,34,36). The first-order chi connectivity index (χ1) is 18.2. The largest absolute Gasteiger partial charge is 0.457 e. The minimum atomic E-state index is -4.51. The molecule has 0 aliphatic carbocycles. The molecule has 200 valence electrons. The molecule has 2 amide bonds. The van der Waals surface area contributed by atoms with Crippen LogP contribution in [0, 0.1) is 0 Å². The third-order valence-electron chi connectivity index (χ3n) is 6.05. The minimum absolute atomic E-state index is 0.0945. The van der Waals surface area contributed by atoms with E-state index in [1.165, 1.54) is 25.4 Å². The van der Waals surface area contributed by atoms with Gasteiger partial charge in [-0.1, -0.05) is 12.1 Å². The van der Waals surface area contributed by atoms with E-state index in [2.05, 4.69) is 20.9 Å². The van der Waals surface area contributed by atoms with Gasteiger partial charge in [0.15, 0.2) is 0 Å². The Morgan fingerprint density at radius 1 is 1.03 bits per heavy atom. The zero-order chi connectivity index (χ0) is 27.1. The van der Waals surface area contributed by atoms with Gasteiger partial charge in [-0.25, -0.2) is 0 Å². The second-order valence-corrected chi connectivity index (χ2v) is 8.72. The van der Waals surface area contributed by atoms with Crippen molar-refractivity contribution in [3.05, 3.63) is 77.6 Å². The van der Waals surface area contributed by atoms with Gasteiger partial charge in [0.2, 0.25) is 5.91 Å². The number of alkyl halides is 3. The maximum atomic E-state index is 13.3. The first-order valence-corrected chi connectivity index (χ1v) is 12.1. The Bertz CT molecular complexity index is 1280. The number of nitrogens with one attached hydrogen (secondary N) is 3. The van der Waals surface area contributed by atoms with Crippen molar-refractivity contribution in [2.45, 2.75) is 19.0 Å². The highest BCUT2D eigenvalue weighted by Crippen LogP contribution is 2.35. The molecule has 1 fully saturated rings. The summed E-state index contributed by atoms with van der Waals surface area (Å²) in [6.45, 7) is 2.69. The zero-order valence-electron chi connectivity index (χ0n) is 20.8. The van der Waals surface area contributed by atoms with Gasteiger partial charge in [0.1, 0.15) is 17.2 Å². The molecular formula is C27H28F3N5O3. The molecule has 11 heteroatoms. The lowest BCUT2D eigenvalue weighted by Gasteiger charge is -2.31. The average Bonchev–Trinajstić information content (AvgIpc) is 2.92. The predicted molar refractivity (Wildman–Crippen MR) is 138 cm³/mol. The topological polar surface area (TPSA) is 95.6 Å². The van der Waals surface area contributed by atoms with Gasteiger partial charge in [0.25, 0.3) is 5.91 Å². The normalized spacial score (nSPS) is 13.6. The molecule has 1 aliphatic heterocycles. The quantitative estimate of drug-likeness (QED) is 0.406. The number of carbonyl (C=O) groups excluding carboxylic acids is 2. The fourth-order valence-corrected chi connectivity index (χ4v) is 4.05. The lowest BCUT2D eigenvalue weighted by molar-refractivity contribution is -0.137. The van der Waals surface area contributed by atoms with Crippen molar-refractivity contribution in [2.75, 3.05) is 43.4 Å². The first-order valence-electron chi connectivity index (χ1n) is 12.1. The Hall–Kier alpha value is -4.12. The molecule has 1 saturated heterocycles. The van der Waals surface area contributed by atoms with Crippen LogP contribution in [-0.4, -0.2) is 50.0 Å². The van der Waals surface area contributed by atoms with Gasteiger partial charge in [-0.3, -0.25) is 14.6 Å². The van der Waals surface area contributed by atoms with Crippen molar-refractivity contribution >= 4 is 23.2 Å². The second kappa shape index (κ2) is 12.0. The predicted octanol–water partition coefficient (Wildman–Crippen LogP) is 4.23. The van der Waals surface area contributed by atoms with E-state index in [4.69, 9.17) is 4.74 Å². The fraction of sp³-hybridized carbons (Fsp3) is 0.296. The van der Waals surface area contributed by atoms with Crippen LogP contribution in [0.15, 0.2) is 60.8 Å². The number of benzene rings is 2. The summed E-state index contributed by atoms with van der Waals surface area (Å²) in [4.78, 5) is 30.4. The molecule has 38 heavy (non-hydrogen) atoms. The van der Waals surface area contributed by atoms with Crippen molar-refractivity contribution in [3.8, 4) is 11.5 Å².